The third kappa shape index (κ3) is 4.10. The zero-order valence-corrected chi connectivity index (χ0v) is 15.1. The summed E-state index contributed by atoms with van der Waals surface area (Å²) >= 11 is 0. The predicted molar refractivity (Wildman–Crippen MR) is 92.4 cm³/mol. The maximum absolute atomic E-state index is 14.4. The van der Waals surface area contributed by atoms with E-state index in [1.165, 1.54) is 6.92 Å². The Morgan fingerprint density at radius 2 is 1.50 bits per heavy atom. The molecule has 0 amide bonds. The third-order valence-electron chi connectivity index (χ3n) is 4.32. The summed E-state index contributed by atoms with van der Waals surface area (Å²) in [5.74, 6) is -6.36. The van der Waals surface area contributed by atoms with Gasteiger partial charge in [0.1, 0.15) is 22.9 Å². The normalized spacial score (nSPS) is 11.8. The third-order valence-corrected chi connectivity index (χ3v) is 4.32. The van der Waals surface area contributed by atoms with Gasteiger partial charge in [-0.2, -0.15) is 8.78 Å². The van der Waals surface area contributed by atoms with Crippen LogP contribution in [-0.2, 0) is 6.11 Å². The molecule has 1 nitrogen and oxygen atoms in total. The average molecular weight is 432 g/mol. The van der Waals surface area contributed by atoms with Crippen LogP contribution in [0.25, 0.3) is 11.1 Å². The molecule has 3 aromatic rings. The van der Waals surface area contributed by atoms with Gasteiger partial charge in [-0.25, -0.2) is 26.3 Å². The van der Waals surface area contributed by atoms with Gasteiger partial charge in [0.15, 0.2) is 11.6 Å². The molecule has 0 aliphatic heterocycles. The molecule has 0 bridgehead atoms. The van der Waals surface area contributed by atoms with Crippen LogP contribution in [0.5, 0.6) is 5.75 Å². The molecule has 0 spiro atoms. The Hall–Kier alpha value is -3.10. The molecule has 0 heterocycles. The number of halogens is 8. The molecule has 0 aromatic heterocycles. The van der Waals surface area contributed by atoms with Gasteiger partial charge in [0.25, 0.3) is 6.43 Å². The van der Waals surface area contributed by atoms with E-state index in [1.807, 2.05) is 0 Å². The first kappa shape index (κ1) is 21.6. The summed E-state index contributed by atoms with van der Waals surface area (Å²) in [6.07, 6.45) is -7.38. The maximum atomic E-state index is 14.4. The van der Waals surface area contributed by atoms with Crippen molar-refractivity contribution in [2.75, 3.05) is 0 Å². The molecule has 0 aliphatic carbocycles. The summed E-state index contributed by atoms with van der Waals surface area (Å²) in [7, 11) is 0. The van der Waals surface area contributed by atoms with Crippen molar-refractivity contribution in [2.45, 2.75) is 19.5 Å². The molecule has 0 aliphatic rings. The summed E-state index contributed by atoms with van der Waals surface area (Å²) in [5.41, 5.74) is -2.81. The van der Waals surface area contributed by atoms with Crippen molar-refractivity contribution in [1.29, 1.82) is 0 Å². The van der Waals surface area contributed by atoms with E-state index in [4.69, 9.17) is 0 Å². The van der Waals surface area contributed by atoms with Crippen LogP contribution in [0.3, 0.4) is 0 Å². The van der Waals surface area contributed by atoms with Crippen molar-refractivity contribution >= 4 is 0 Å². The van der Waals surface area contributed by atoms with E-state index < -0.39 is 52.7 Å². The Morgan fingerprint density at radius 1 is 0.800 bits per heavy atom. The Balaban J connectivity index is 1.90. The minimum absolute atomic E-state index is 0.112. The van der Waals surface area contributed by atoms with Gasteiger partial charge < -0.3 is 4.74 Å². The van der Waals surface area contributed by atoms with Crippen LogP contribution < -0.4 is 4.74 Å². The molecule has 0 saturated carbocycles. The first-order valence-corrected chi connectivity index (χ1v) is 8.40. The molecular weight excluding hydrogens is 420 g/mol. The van der Waals surface area contributed by atoms with Crippen LogP contribution in [0, 0.1) is 30.2 Å². The van der Waals surface area contributed by atoms with Gasteiger partial charge in [0.05, 0.1) is 5.56 Å². The number of hydrogen-bond acceptors (Lipinski definition) is 1. The second kappa shape index (κ2) is 7.97. The van der Waals surface area contributed by atoms with Crippen LogP contribution in [-0.4, -0.2) is 0 Å². The Morgan fingerprint density at radius 3 is 2.10 bits per heavy atom. The standard InChI is InChI=1S/C21H12F8O/c1-10-2-7-15(19(25)18(10)24)21(28,29)30-12-4-6-13(17(23)9-12)11-3-5-14(20(26)27)16(22)8-11/h2-9,20H,1H3. The van der Waals surface area contributed by atoms with E-state index >= 15 is 0 Å². The lowest BCUT2D eigenvalue weighted by Crippen LogP contribution is -2.24. The van der Waals surface area contributed by atoms with Crippen molar-refractivity contribution in [3.05, 3.63) is 88.5 Å². The fourth-order valence-corrected chi connectivity index (χ4v) is 2.74. The second-order valence-electron chi connectivity index (χ2n) is 6.36. The van der Waals surface area contributed by atoms with Gasteiger partial charge in [-0.3, -0.25) is 0 Å². The number of alkyl halides is 4. The lowest BCUT2D eigenvalue weighted by molar-refractivity contribution is -0.187. The number of rotatable bonds is 5. The lowest BCUT2D eigenvalue weighted by atomic mass is 10.0. The fraction of sp³-hybridized carbons (Fsp3) is 0.143. The van der Waals surface area contributed by atoms with E-state index in [0.29, 0.717) is 18.2 Å². The molecule has 0 N–H and O–H groups in total. The quantitative estimate of drug-likeness (QED) is 0.385. The SMILES string of the molecule is Cc1ccc(C(F)(F)Oc2ccc(-c3ccc(C(F)F)c(F)c3)c(F)c2)c(F)c1F. The Labute approximate surface area is 165 Å². The van der Waals surface area contributed by atoms with E-state index in [-0.39, 0.29) is 16.7 Å². The fourth-order valence-electron chi connectivity index (χ4n) is 2.74. The molecule has 0 unspecified atom stereocenters. The number of ether oxygens (including phenoxy) is 1. The largest absolute Gasteiger partial charge is 0.429 e. The predicted octanol–water partition coefficient (Wildman–Crippen LogP) is 7.28. The Kier molecular flexibility index (Phi) is 5.74. The minimum atomic E-state index is -4.32. The van der Waals surface area contributed by atoms with Gasteiger partial charge in [-0.15, -0.1) is 0 Å². The van der Waals surface area contributed by atoms with Crippen LogP contribution in [0.1, 0.15) is 23.1 Å². The highest BCUT2D eigenvalue weighted by Gasteiger charge is 2.39. The molecule has 0 fully saturated rings. The van der Waals surface area contributed by atoms with E-state index in [1.54, 1.807) is 0 Å². The van der Waals surface area contributed by atoms with Crippen molar-refractivity contribution in [3.63, 3.8) is 0 Å². The van der Waals surface area contributed by atoms with Crippen LogP contribution >= 0.6 is 0 Å². The molecule has 0 atom stereocenters. The van der Waals surface area contributed by atoms with Crippen molar-refractivity contribution in [3.8, 4) is 16.9 Å². The molecule has 3 rings (SSSR count). The summed E-state index contributed by atoms with van der Waals surface area (Å²) in [4.78, 5) is 0. The van der Waals surface area contributed by atoms with Crippen LogP contribution in [0.4, 0.5) is 35.1 Å². The maximum Gasteiger partial charge on any atom is 0.429 e. The number of hydrogen-bond donors (Lipinski definition) is 0. The molecule has 9 heteroatoms. The first-order chi connectivity index (χ1) is 14.0. The number of benzene rings is 3. The van der Waals surface area contributed by atoms with Gasteiger partial charge >= 0.3 is 6.11 Å². The zero-order chi connectivity index (χ0) is 22.2. The van der Waals surface area contributed by atoms with Gasteiger partial charge in [0.2, 0.25) is 0 Å². The molecule has 0 saturated heterocycles. The van der Waals surface area contributed by atoms with Gasteiger partial charge in [-0.05, 0) is 48.4 Å². The minimum Gasteiger partial charge on any atom is -0.429 e. The number of aryl methyl sites for hydroxylation is 1. The van der Waals surface area contributed by atoms with Gasteiger partial charge in [0, 0.05) is 11.6 Å². The highest BCUT2D eigenvalue weighted by molar-refractivity contribution is 5.65. The summed E-state index contributed by atoms with van der Waals surface area (Å²) in [5, 5.41) is 0. The smallest absolute Gasteiger partial charge is 0.429 e. The van der Waals surface area contributed by atoms with Crippen LogP contribution in [0.2, 0.25) is 0 Å². The Bertz CT molecular complexity index is 1090. The summed E-state index contributed by atoms with van der Waals surface area (Å²) < 4.78 is 114. The molecule has 30 heavy (non-hydrogen) atoms. The zero-order valence-electron chi connectivity index (χ0n) is 15.1. The lowest BCUT2D eigenvalue weighted by Gasteiger charge is -2.20. The van der Waals surface area contributed by atoms with Crippen LogP contribution in [0.15, 0.2) is 48.5 Å². The topological polar surface area (TPSA) is 9.23 Å². The molecule has 0 radical (unpaired) electrons. The van der Waals surface area contributed by atoms with Gasteiger partial charge in [-0.1, -0.05) is 12.1 Å². The van der Waals surface area contributed by atoms with E-state index in [2.05, 4.69) is 4.74 Å². The van der Waals surface area contributed by atoms with Crippen molar-refractivity contribution in [1.82, 2.24) is 0 Å². The average Bonchev–Trinajstić information content (AvgIpc) is 2.65. The van der Waals surface area contributed by atoms with Crippen molar-refractivity contribution < 1.29 is 39.9 Å². The summed E-state index contributed by atoms with van der Waals surface area (Å²) in [6.45, 7) is 1.19. The second-order valence-corrected chi connectivity index (χ2v) is 6.36. The molecule has 158 valence electrons. The highest BCUT2D eigenvalue weighted by atomic mass is 19.3. The summed E-state index contributed by atoms with van der Waals surface area (Å²) in [6, 6.07) is 6.48. The molecule has 3 aromatic carbocycles. The monoisotopic (exact) mass is 432 g/mol. The molecular formula is C21H12F8O. The van der Waals surface area contributed by atoms with E-state index in [9.17, 15) is 35.1 Å². The van der Waals surface area contributed by atoms with Crippen molar-refractivity contribution in [2.24, 2.45) is 0 Å². The van der Waals surface area contributed by atoms with E-state index in [0.717, 1.165) is 30.3 Å². The first-order valence-electron chi connectivity index (χ1n) is 8.40. The highest BCUT2D eigenvalue weighted by Crippen LogP contribution is 2.36.